The Balaban J connectivity index is 1.61. The van der Waals surface area contributed by atoms with Crippen LogP contribution in [0.25, 0.3) is 0 Å². The maximum atomic E-state index is 12.2. The second kappa shape index (κ2) is 7.38. The molecule has 2 N–H and O–H groups in total. The zero-order chi connectivity index (χ0) is 16.9. The number of hydrogen-bond donors (Lipinski definition) is 2. The van der Waals surface area contributed by atoms with E-state index in [0.29, 0.717) is 6.54 Å². The number of carbonyl (C=O) groups excluding carboxylic acids is 1. The zero-order valence-corrected chi connectivity index (χ0v) is 14.1. The lowest BCUT2D eigenvalue weighted by Crippen LogP contribution is -2.28. The van der Waals surface area contributed by atoms with Crippen LogP contribution in [0.2, 0.25) is 0 Å². The molecule has 0 unspecified atom stereocenters. The Kier molecular flexibility index (Phi) is 5.03. The van der Waals surface area contributed by atoms with E-state index in [1.165, 1.54) is 0 Å². The van der Waals surface area contributed by atoms with Crippen molar-refractivity contribution in [3.8, 4) is 5.75 Å². The lowest BCUT2D eigenvalue weighted by molar-refractivity contribution is 0.251. The molecular formula is C18H23N3O3. The number of nitrogens with one attached hydrogen (secondary N) is 2. The number of aromatic nitrogens is 1. The Bertz CT molecular complexity index is 703. The molecule has 0 saturated carbocycles. The third-order valence-corrected chi connectivity index (χ3v) is 4.20. The van der Waals surface area contributed by atoms with Crippen LogP contribution in [0.4, 0.5) is 10.5 Å². The standard InChI is InChI=1S/C18H23N3O3/c1-3-15-14(16(4-2)24-21-15)11-19-18(22)20-13-7-8-17-12(10-13)6-5-9-23-17/h7-8,10H,3-6,9,11H2,1-2H3,(H2,19,20,22). The predicted octanol–water partition coefficient (Wildman–Crippen LogP) is 3.45. The molecule has 2 amide bonds. The van der Waals surface area contributed by atoms with Crippen LogP contribution in [0, 0.1) is 0 Å². The Hall–Kier alpha value is -2.50. The molecule has 0 radical (unpaired) electrons. The molecule has 0 spiro atoms. The van der Waals surface area contributed by atoms with E-state index < -0.39 is 0 Å². The average Bonchev–Trinajstić information content (AvgIpc) is 3.02. The summed E-state index contributed by atoms with van der Waals surface area (Å²) in [4.78, 5) is 12.2. The summed E-state index contributed by atoms with van der Waals surface area (Å²) >= 11 is 0. The third-order valence-electron chi connectivity index (χ3n) is 4.20. The molecule has 1 aromatic heterocycles. The molecule has 1 aliphatic rings. The monoisotopic (exact) mass is 329 g/mol. The molecule has 6 heteroatoms. The van der Waals surface area contributed by atoms with Crippen molar-refractivity contribution in [3.63, 3.8) is 0 Å². The first kappa shape index (κ1) is 16.4. The number of amides is 2. The molecule has 24 heavy (non-hydrogen) atoms. The predicted molar refractivity (Wildman–Crippen MR) is 91.4 cm³/mol. The normalized spacial score (nSPS) is 13.1. The van der Waals surface area contributed by atoms with Gasteiger partial charge < -0.3 is 19.9 Å². The second-order valence-corrected chi connectivity index (χ2v) is 5.82. The van der Waals surface area contributed by atoms with Gasteiger partial charge in [0.25, 0.3) is 0 Å². The minimum Gasteiger partial charge on any atom is -0.493 e. The van der Waals surface area contributed by atoms with Crippen molar-refractivity contribution in [1.82, 2.24) is 10.5 Å². The molecule has 0 saturated heterocycles. The number of benzene rings is 1. The molecule has 3 rings (SSSR count). The highest BCUT2D eigenvalue weighted by Gasteiger charge is 2.15. The van der Waals surface area contributed by atoms with E-state index in [9.17, 15) is 4.79 Å². The third kappa shape index (κ3) is 3.53. The summed E-state index contributed by atoms with van der Waals surface area (Å²) in [5.41, 5.74) is 3.79. The van der Waals surface area contributed by atoms with Gasteiger partial charge in [-0.15, -0.1) is 0 Å². The molecule has 0 fully saturated rings. The largest absolute Gasteiger partial charge is 0.493 e. The number of fused-ring (bicyclic) bond motifs is 1. The van der Waals surface area contributed by atoms with E-state index in [1.54, 1.807) is 0 Å². The number of aryl methyl sites for hydroxylation is 3. The van der Waals surface area contributed by atoms with Gasteiger partial charge in [-0.2, -0.15) is 0 Å². The topological polar surface area (TPSA) is 76.4 Å². The fraction of sp³-hybridized carbons (Fsp3) is 0.444. The second-order valence-electron chi connectivity index (χ2n) is 5.82. The number of rotatable bonds is 5. The van der Waals surface area contributed by atoms with E-state index in [4.69, 9.17) is 9.26 Å². The van der Waals surface area contributed by atoms with Crippen molar-refractivity contribution in [2.24, 2.45) is 0 Å². The van der Waals surface area contributed by atoms with E-state index in [0.717, 1.165) is 66.3 Å². The highest BCUT2D eigenvalue weighted by molar-refractivity contribution is 5.89. The van der Waals surface area contributed by atoms with Crippen LogP contribution in [0.5, 0.6) is 5.75 Å². The molecule has 1 aliphatic heterocycles. The van der Waals surface area contributed by atoms with Crippen LogP contribution < -0.4 is 15.4 Å². The van der Waals surface area contributed by atoms with Crippen LogP contribution in [-0.4, -0.2) is 17.8 Å². The quantitative estimate of drug-likeness (QED) is 0.881. The number of hydrogen-bond acceptors (Lipinski definition) is 4. The van der Waals surface area contributed by atoms with E-state index in [-0.39, 0.29) is 6.03 Å². The number of ether oxygens (including phenoxy) is 1. The van der Waals surface area contributed by atoms with Gasteiger partial charge in [-0.1, -0.05) is 19.0 Å². The Morgan fingerprint density at radius 3 is 2.96 bits per heavy atom. The molecule has 0 bridgehead atoms. The van der Waals surface area contributed by atoms with Crippen LogP contribution in [0.1, 0.15) is 42.8 Å². The van der Waals surface area contributed by atoms with Crippen molar-refractivity contribution >= 4 is 11.7 Å². The van der Waals surface area contributed by atoms with E-state index in [1.807, 2.05) is 32.0 Å². The number of urea groups is 1. The zero-order valence-electron chi connectivity index (χ0n) is 14.1. The maximum absolute atomic E-state index is 12.2. The highest BCUT2D eigenvalue weighted by atomic mass is 16.5. The van der Waals surface area contributed by atoms with Gasteiger partial charge in [-0.3, -0.25) is 0 Å². The van der Waals surface area contributed by atoms with Crippen molar-refractivity contribution in [2.45, 2.75) is 46.1 Å². The van der Waals surface area contributed by atoms with Crippen molar-refractivity contribution in [1.29, 1.82) is 0 Å². The molecule has 6 nitrogen and oxygen atoms in total. The van der Waals surface area contributed by atoms with Gasteiger partial charge in [0.2, 0.25) is 0 Å². The van der Waals surface area contributed by atoms with Gasteiger partial charge in [0.1, 0.15) is 11.5 Å². The average molecular weight is 329 g/mol. The molecule has 2 aromatic rings. The summed E-state index contributed by atoms with van der Waals surface area (Å²) in [7, 11) is 0. The number of anilines is 1. The molecule has 128 valence electrons. The van der Waals surface area contributed by atoms with Crippen molar-refractivity contribution in [3.05, 3.63) is 40.8 Å². The van der Waals surface area contributed by atoms with Crippen LogP contribution in [0.3, 0.4) is 0 Å². The summed E-state index contributed by atoms with van der Waals surface area (Å²) in [5.74, 6) is 1.75. The minimum atomic E-state index is -0.239. The lowest BCUT2D eigenvalue weighted by Gasteiger charge is -2.18. The van der Waals surface area contributed by atoms with Gasteiger partial charge in [0, 0.05) is 24.2 Å². The fourth-order valence-electron chi connectivity index (χ4n) is 2.92. The number of nitrogens with zero attached hydrogens (tertiary/aromatic N) is 1. The molecular weight excluding hydrogens is 306 g/mol. The summed E-state index contributed by atoms with van der Waals surface area (Å²) in [6.07, 6.45) is 3.53. The first-order valence-corrected chi connectivity index (χ1v) is 8.48. The minimum absolute atomic E-state index is 0.239. The van der Waals surface area contributed by atoms with Crippen LogP contribution >= 0.6 is 0 Å². The Morgan fingerprint density at radius 1 is 1.29 bits per heavy atom. The smallest absolute Gasteiger partial charge is 0.319 e. The van der Waals surface area contributed by atoms with Gasteiger partial charge in [-0.05, 0) is 43.0 Å². The van der Waals surface area contributed by atoms with Crippen LogP contribution in [-0.2, 0) is 25.8 Å². The Labute approximate surface area is 141 Å². The first-order valence-electron chi connectivity index (χ1n) is 8.48. The van der Waals surface area contributed by atoms with E-state index >= 15 is 0 Å². The molecule has 0 aliphatic carbocycles. The summed E-state index contributed by atoms with van der Waals surface area (Å²) in [5, 5.41) is 9.81. The maximum Gasteiger partial charge on any atom is 0.319 e. The van der Waals surface area contributed by atoms with E-state index in [2.05, 4.69) is 15.8 Å². The highest BCUT2D eigenvalue weighted by Crippen LogP contribution is 2.27. The fourth-order valence-corrected chi connectivity index (χ4v) is 2.92. The summed E-state index contributed by atoms with van der Waals surface area (Å²) in [6.45, 7) is 5.21. The SMILES string of the molecule is CCc1noc(CC)c1CNC(=O)Nc1ccc2c(c1)CCCO2. The van der Waals surface area contributed by atoms with Gasteiger partial charge in [0.05, 0.1) is 12.3 Å². The molecule has 1 aromatic carbocycles. The molecule has 2 heterocycles. The summed E-state index contributed by atoms with van der Waals surface area (Å²) < 4.78 is 10.9. The Morgan fingerprint density at radius 2 is 2.17 bits per heavy atom. The molecule has 0 atom stereocenters. The van der Waals surface area contributed by atoms with Gasteiger partial charge in [-0.25, -0.2) is 4.79 Å². The number of carbonyl (C=O) groups is 1. The lowest BCUT2D eigenvalue weighted by atomic mass is 10.1. The van der Waals surface area contributed by atoms with Gasteiger partial charge >= 0.3 is 6.03 Å². The first-order chi connectivity index (χ1) is 11.7. The van der Waals surface area contributed by atoms with Crippen molar-refractivity contribution < 1.29 is 14.1 Å². The summed E-state index contributed by atoms with van der Waals surface area (Å²) in [6, 6.07) is 5.51. The van der Waals surface area contributed by atoms with Crippen molar-refractivity contribution in [2.75, 3.05) is 11.9 Å². The van der Waals surface area contributed by atoms with Crippen LogP contribution in [0.15, 0.2) is 22.7 Å². The van der Waals surface area contributed by atoms with Gasteiger partial charge in [0.15, 0.2) is 0 Å².